The molecular formula is C14H13ClN2O2. The summed E-state index contributed by atoms with van der Waals surface area (Å²) < 4.78 is 5.58. The summed E-state index contributed by atoms with van der Waals surface area (Å²) in [6, 6.07) is 12.0. The summed E-state index contributed by atoms with van der Waals surface area (Å²) in [5.74, 6) is 0.0342. The molecule has 4 nitrogen and oxygen atoms in total. The molecule has 0 aliphatic heterocycles. The molecule has 4 N–H and O–H groups in total. The van der Waals surface area contributed by atoms with Gasteiger partial charge in [0.25, 0.3) is 0 Å². The zero-order valence-corrected chi connectivity index (χ0v) is 10.9. The van der Waals surface area contributed by atoms with Gasteiger partial charge >= 0.3 is 0 Å². The van der Waals surface area contributed by atoms with E-state index in [0.717, 1.165) is 0 Å². The van der Waals surface area contributed by atoms with E-state index in [1.807, 2.05) is 6.07 Å². The van der Waals surface area contributed by atoms with Crippen molar-refractivity contribution in [3.63, 3.8) is 0 Å². The first-order chi connectivity index (χ1) is 9.08. The summed E-state index contributed by atoms with van der Waals surface area (Å²) in [5, 5.41) is 0.544. The van der Waals surface area contributed by atoms with E-state index in [9.17, 15) is 4.79 Å². The molecule has 2 aromatic rings. The molecule has 98 valence electrons. The summed E-state index contributed by atoms with van der Waals surface area (Å²) >= 11 is 5.80. The molecule has 0 fully saturated rings. The van der Waals surface area contributed by atoms with Crippen LogP contribution in [0.4, 0.5) is 5.69 Å². The molecule has 0 bridgehead atoms. The molecule has 1 amide bonds. The lowest BCUT2D eigenvalue weighted by Gasteiger charge is -2.11. The number of halogens is 1. The van der Waals surface area contributed by atoms with Crippen LogP contribution in [0.25, 0.3) is 0 Å². The minimum atomic E-state index is -0.483. The van der Waals surface area contributed by atoms with Crippen LogP contribution < -0.4 is 16.2 Å². The maximum atomic E-state index is 11.3. The molecule has 0 saturated carbocycles. The highest BCUT2D eigenvalue weighted by Gasteiger charge is 2.08. The van der Waals surface area contributed by atoms with Crippen LogP contribution in [-0.4, -0.2) is 5.91 Å². The molecule has 0 spiro atoms. The molecule has 0 aliphatic carbocycles. The quantitative estimate of drug-likeness (QED) is 0.843. The number of nitrogen functional groups attached to an aromatic ring is 1. The Morgan fingerprint density at radius 3 is 2.63 bits per heavy atom. The second kappa shape index (κ2) is 5.63. The summed E-state index contributed by atoms with van der Waals surface area (Å²) in [7, 11) is 0. The van der Waals surface area contributed by atoms with Gasteiger partial charge in [-0.2, -0.15) is 0 Å². The number of carbonyl (C=O) groups is 1. The van der Waals surface area contributed by atoms with E-state index in [1.165, 1.54) is 0 Å². The lowest BCUT2D eigenvalue weighted by Crippen LogP contribution is -2.14. The fraction of sp³-hybridized carbons (Fsp3) is 0.0714. The first kappa shape index (κ1) is 13.2. The number of rotatable bonds is 4. The van der Waals surface area contributed by atoms with Crippen molar-refractivity contribution in [1.29, 1.82) is 0 Å². The smallest absolute Gasteiger partial charge is 0.249 e. The van der Waals surface area contributed by atoms with Crippen molar-refractivity contribution in [2.45, 2.75) is 6.61 Å². The van der Waals surface area contributed by atoms with Gasteiger partial charge in [-0.25, -0.2) is 0 Å². The third kappa shape index (κ3) is 3.17. The van der Waals surface area contributed by atoms with E-state index < -0.39 is 5.91 Å². The Morgan fingerprint density at radius 1 is 1.21 bits per heavy atom. The van der Waals surface area contributed by atoms with Crippen LogP contribution in [0.15, 0.2) is 42.5 Å². The fourth-order valence-corrected chi connectivity index (χ4v) is 1.87. The van der Waals surface area contributed by atoms with Crippen molar-refractivity contribution in [1.82, 2.24) is 0 Å². The second-order valence-corrected chi connectivity index (χ2v) is 4.43. The Bertz CT molecular complexity index is 614. The molecule has 2 aromatic carbocycles. The van der Waals surface area contributed by atoms with Gasteiger partial charge in [-0.05, 0) is 24.3 Å². The first-order valence-corrected chi connectivity index (χ1v) is 6.01. The minimum Gasteiger partial charge on any atom is -0.487 e. The van der Waals surface area contributed by atoms with E-state index in [4.69, 9.17) is 27.8 Å². The molecule has 0 aliphatic rings. The van der Waals surface area contributed by atoms with Gasteiger partial charge in [0.1, 0.15) is 12.4 Å². The standard InChI is InChI=1S/C14H13ClN2O2/c15-10-5-6-13(12(16)7-10)19-8-9-3-1-2-4-11(9)14(17)18/h1-7H,8,16H2,(H2,17,18). The maximum Gasteiger partial charge on any atom is 0.249 e. The van der Waals surface area contributed by atoms with Crippen molar-refractivity contribution in [3.05, 3.63) is 58.6 Å². The lowest BCUT2D eigenvalue weighted by molar-refractivity contribution is 0.0998. The van der Waals surface area contributed by atoms with Crippen molar-refractivity contribution in [3.8, 4) is 5.75 Å². The van der Waals surface area contributed by atoms with Crippen LogP contribution in [0.3, 0.4) is 0 Å². The van der Waals surface area contributed by atoms with Gasteiger partial charge < -0.3 is 16.2 Å². The summed E-state index contributed by atoms with van der Waals surface area (Å²) in [5.41, 5.74) is 12.7. The second-order valence-electron chi connectivity index (χ2n) is 3.99. The van der Waals surface area contributed by atoms with E-state index in [1.54, 1.807) is 36.4 Å². The number of ether oxygens (including phenoxy) is 1. The minimum absolute atomic E-state index is 0.213. The normalized spacial score (nSPS) is 10.2. The van der Waals surface area contributed by atoms with Gasteiger partial charge in [-0.15, -0.1) is 0 Å². The number of carbonyl (C=O) groups excluding carboxylic acids is 1. The fourth-order valence-electron chi connectivity index (χ4n) is 1.69. The van der Waals surface area contributed by atoms with Gasteiger partial charge in [0.15, 0.2) is 0 Å². The summed E-state index contributed by atoms with van der Waals surface area (Å²) in [4.78, 5) is 11.3. The third-order valence-corrected chi connectivity index (χ3v) is 2.87. The number of hydrogen-bond donors (Lipinski definition) is 2. The van der Waals surface area contributed by atoms with Crippen molar-refractivity contribution in [2.24, 2.45) is 5.73 Å². The largest absolute Gasteiger partial charge is 0.487 e. The average molecular weight is 277 g/mol. The molecule has 0 atom stereocenters. The number of amides is 1. The van der Waals surface area contributed by atoms with Crippen LogP contribution in [-0.2, 0) is 6.61 Å². The predicted molar refractivity (Wildman–Crippen MR) is 75.2 cm³/mol. The van der Waals surface area contributed by atoms with E-state index in [-0.39, 0.29) is 6.61 Å². The van der Waals surface area contributed by atoms with Crippen LogP contribution >= 0.6 is 11.6 Å². The topological polar surface area (TPSA) is 78.3 Å². The number of primary amides is 1. The Balaban J connectivity index is 2.17. The van der Waals surface area contributed by atoms with Gasteiger partial charge in [0, 0.05) is 16.1 Å². The van der Waals surface area contributed by atoms with Gasteiger partial charge in [-0.3, -0.25) is 4.79 Å². The lowest BCUT2D eigenvalue weighted by atomic mass is 10.1. The zero-order valence-electron chi connectivity index (χ0n) is 10.1. The highest BCUT2D eigenvalue weighted by molar-refractivity contribution is 6.30. The van der Waals surface area contributed by atoms with E-state index >= 15 is 0 Å². The highest BCUT2D eigenvalue weighted by atomic mass is 35.5. The summed E-state index contributed by atoms with van der Waals surface area (Å²) in [6.07, 6.45) is 0. The van der Waals surface area contributed by atoms with Gasteiger partial charge in [0.05, 0.1) is 5.69 Å². The summed E-state index contributed by atoms with van der Waals surface area (Å²) in [6.45, 7) is 0.213. The molecule has 2 rings (SSSR count). The first-order valence-electron chi connectivity index (χ1n) is 5.63. The monoisotopic (exact) mass is 276 g/mol. The van der Waals surface area contributed by atoms with E-state index in [2.05, 4.69) is 0 Å². The van der Waals surface area contributed by atoms with Crippen LogP contribution in [0.1, 0.15) is 15.9 Å². The maximum absolute atomic E-state index is 11.3. The molecule has 0 radical (unpaired) electrons. The molecule has 0 aromatic heterocycles. The predicted octanol–water partition coefficient (Wildman–Crippen LogP) is 2.60. The molecule has 19 heavy (non-hydrogen) atoms. The molecule has 0 heterocycles. The third-order valence-electron chi connectivity index (χ3n) is 2.64. The molecule has 5 heteroatoms. The zero-order chi connectivity index (χ0) is 13.8. The molecule has 0 unspecified atom stereocenters. The van der Waals surface area contributed by atoms with Gasteiger partial charge in [-0.1, -0.05) is 29.8 Å². The van der Waals surface area contributed by atoms with Crippen LogP contribution in [0, 0.1) is 0 Å². The SMILES string of the molecule is NC(=O)c1ccccc1COc1ccc(Cl)cc1N. The number of anilines is 1. The Hall–Kier alpha value is -2.20. The van der Waals surface area contributed by atoms with Crippen LogP contribution in [0.5, 0.6) is 5.75 Å². The molecule has 0 saturated heterocycles. The average Bonchev–Trinajstić information content (AvgIpc) is 2.38. The molecular weight excluding hydrogens is 264 g/mol. The highest BCUT2D eigenvalue weighted by Crippen LogP contribution is 2.26. The Morgan fingerprint density at radius 2 is 1.95 bits per heavy atom. The van der Waals surface area contributed by atoms with Crippen LogP contribution in [0.2, 0.25) is 5.02 Å². The number of benzene rings is 2. The van der Waals surface area contributed by atoms with Crippen molar-refractivity contribution >= 4 is 23.2 Å². The van der Waals surface area contributed by atoms with Gasteiger partial charge in [0.2, 0.25) is 5.91 Å². The number of hydrogen-bond acceptors (Lipinski definition) is 3. The van der Waals surface area contributed by atoms with Crippen molar-refractivity contribution in [2.75, 3.05) is 5.73 Å². The van der Waals surface area contributed by atoms with E-state index in [0.29, 0.717) is 27.6 Å². The number of nitrogens with two attached hydrogens (primary N) is 2. The Labute approximate surface area is 115 Å². The Kier molecular flexibility index (Phi) is 3.92. The van der Waals surface area contributed by atoms with Crippen molar-refractivity contribution < 1.29 is 9.53 Å².